The second-order valence-electron chi connectivity index (χ2n) is 3.05. The lowest BCUT2D eigenvalue weighted by Gasteiger charge is -2.08. The van der Waals surface area contributed by atoms with Crippen molar-refractivity contribution in [2.24, 2.45) is 0 Å². The molecule has 80 valence electrons. The molecule has 0 radical (unpaired) electrons. The van der Waals surface area contributed by atoms with Gasteiger partial charge >= 0.3 is 0 Å². The number of ketones is 1. The summed E-state index contributed by atoms with van der Waals surface area (Å²) in [5.74, 6) is -0.579. The zero-order valence-corrected chi connectivity index (χ0v) is 8.79. The van der Waals surface area contributed by atoms with Gasteiger partial charge in [-0.25, -0.2) is 4.39 Å². The van der Waals surface area contributed by atoms with Crippen LogP contribution < -0.4 is 4.74 Å². The lowest BCUT2D eigenvalue weighted by Crippen LogP contribution is -2.03. The van der Waals surface area contributed by atoms with Gasteiger partial charge in [-0.3, -0.25) is 4.79 Å². The van der Waals surface area contributed by atoms with Crippen LogP contribution in [0.25, 0.3) is 0 Å². The lowest BCUT2D eigenvalue weighted by atomic mass is 10.1. The van der Waals surface area contributed by atoms with Crippen LogP contribution in [0.5, 0.6) is 5.75 Å². The van der Waals surface area contributed by atoms with Crippen molar-refractivity contribution in [3.8, 4) is 5.75 Å². The van der Waals surface area contributed by atoms with Gasteiger partial charge in [-0.1, -0.05) is 18.2 Å². The molecule has 0 amide bonds. The highest BCUT2D eigenvalue weighted by molar-refractivity contribution is 5.97. The maximum Gasteiger partial charge on any atom is 0.166 e. The van der Waals surface area contributed by atoms with E-state index in [-0.39, 0.29) is 11.3 Å². The second-order valence-corrected chi connectivity index (χ2v) is 3.05. The molecule has 3 heteroatoms. The summed E-state index contributed by atoms with van der Waals surface area (Å²) in [6.45, 7) is 3.52. The number of hydrogen-bond donors (Lipinski definition) is 0. The molecule has 15 heavy (non-hydrogen) atoms. The van der Waals surface area contributed by atoms with Gasteiger partial charge in [0.2, 0.25) is 0 Å². The number of ether oxygens (including phenoxy) is 1. The van der Waals surface area contributed by atoms with Crippen molar-refractivity contribution >= 4 is 5.78 Å². The first kappa shape index (κ1) is 11.4. The molecule has 1 aromatic rings. The summed E-state index contributed by atoms with van der Waals surface area (Å²) in [5.41, 5.74) is 0.0157. The Kier molecular flexibility index (Phi) is 4.03. The number of carbonyl (C=O) groups is 1. The summed E-state index contributed by atoms with van der Waals surface area (Å²) in [7, 11) is 0. The first-order valence-corrected chi connectivity index (χ1v) is 4.70. The van der Waals surface area contributed by atoms with E-state index >= 15 is 0 Å². The Morgan fingerprint density at radius 2 is 2.27 bits per heavy atom. The molecule has 0 heterocycles. The Bertz CT molecular complexity index is 383. The largest absolute Gasteiger partial charge is 0.489 e. The molecule has 0 saturated heterocycles. The smallest absolute Gasteiger partial charge is 0.166 e. The lowest BCUT2D eigenvalue weighted by molar-refractivity contribution is 0.101. The fourth-order valence-corrected chi connectivity index (χ4v) is 1.20. The average molecular weight is 208 g/mol. The minimum Gasteiger partial charge on any atom is -0.489 e. The number of hydrogen-bond acceptors (Lipinski definition) is 2. The Morgan fingerprint density at radius 3 is 2.87 bits per heavy atom. The zero-order valence-electron chi connectivity index (χ0n) is 8.79. The van der Waals surface area contributed by atoms with Crippen molar-refractivity contribution in [1.29, 1.82) is 0 Å². The van der Waals surface area contributed by atoms with Crippen LogP contribution in [0.2, 0.25) is 0 Å². The summed E-state index contributed by atoms with van der Waals surface area (Å²) in [6, 6.07) is 4.36. The van der Waals surface area contributed by atoms with Gasteiger partial charge in [-0.15, -0.1) is 0 Å². The molecule has 0 aliphatic heterocycles. The molecule has 0 aliphatic rings. The third-order valence-corrected chi connectivity index (χ3v) is 1.90. The summed E-state index contributed by atoms with van der Waals surface area (Å²) >= 11 is 0. The number of Topliss-reactive ketones (excluding diaryl/α,β-unsaturated/α-hetero) is 1. The predicted octanol–water partition coefficient (Wildman–Crippen LogP) is 2.98. The van der Waals surface area contributed by atoms with Crippen LogP contribution in [0.1, 0.15) is 24.2 Å². The molecule has 0 spiro atoms. The van der Waals surface area contributed by atoms with E-state index in [9.17, 15) is 9.18 Å². The first-order valence-electron chi connectivity index (χ1n) is 4.70. The van der Waals surface area contributed by atoms with Gasteiger partial charge in [0.1, 0.15) is 18.2 Å². The fourth-order valence-electron chi connectivity index (χ4n) is 1.20. The molecule has 0 bridgehead atoms. The molecule has 0 aromatic heterocycles. The molecule has 1 rings (SSSR count). The van der Waals surface area contributed by atoms with Crippen LogP contribution in [0.4, 0.5) is 4.39 Å². The van der Waals surface area contributed by atoms with Crippen LogP contribution in [-0.4, -0.2) is 12.4 Å². The number of benzene rings is 1. The van der Waals surface area contributed by atoms with Gasteiger partial charge in [-0.2, -0.15) is 0 Å². The topological polar surface area (TPSA) is 26.3 Å². The highest BCUT2D eigenvalue weighted by Crippen LogP contribution is 2.21. The molecule has 2 nitrogen and oxygen atoms in total. The minimum atomic E-state index is -0.541. The van der Waals surface area contributed by atoms with Crippen LogP contribution in [0.3, 0.4) is 0 Å². The van der Waals surface area contributed by atoms with E-state index in [0.29, 0.717) is 12.4 Å². The van der Waals surface area contributed by atoms with E-state index in [1.165, 1.54) is 19.1 Å². The number of carbonyl (C=O) groups excluding carboxylic acids is 1. The van der Waals surface area contributed by atoms with Gasteiger partial charge in [-0.05, 0) is 26.0 Å². The normalized spacial score (nSPS) is 10.6. The molecule has 0 aliphatic carbocycles. The summed E-state index contributed by atoms with van der Waals surface area (Å²) < 4.78 is 18.6. The van der Waals surface area contributed by atoms with E-state index in [4.69, 9.17) is 4.74 Å². The maximum absolute atomic E-state index is 13.3. The van der Waals surface area contributed by atoms with Gasteiger partial charge in [0.25, 0.3) is 0 Å². The monoisotopic (exact) mass is 208 g/mol. The zero-order chi connectivity index (χ0) is 11.3. The fraction of sp³-hybridized carbons (Fsp3) is 0.250. The van der Waals surface area contributed by atoms with E-state index in [1.54, 1.807) is 12.1 Å². The quantitative estimate of drug-likeness (QED) is 0.561. The first-order chi connectivity index (χ1) is 7.16. The van der Waals surface area contributed by atoms with Crippen molar-refractivity contribution in [3.05, 3.63) is 41.7 Å². The van der Waals surface area contributed by atoms with Crippen molar-refractivity contribution in [2.75, 3.05) is 6.61 Å². The van der Waals surface area contributed by atoms with Crippen LogP contribution in [-0.2, 0) is 0 Å². The van der Waals surface area contributed by atoms with Crippen molar-refractivity contribution < 1.29 is 13.9 Å². The number of halogens is 1. The maximum atomic E-state index is 13.3. The molecule has 0 N–H and O–H groups in total. The van der Waals surface area contributed by atoms with E-state index in [2.05, 4.69) is 0 Å². The number of allylic oxidation sites excluding steroid dienone is 1. The van der Waals surface area contributed by atoms with E-state index in [0.717, 1.165) is 0 Å². The summed E-state index contributed by atoms with van der Waals surface area (Å²) in [4.78, 5) is 11.2. The van der Waals surface area contributed by atoms with Crippen molar-refractivity contribution in [1.82, 2.24) is 0 Å². The van der Waals surface area contributed by atoms with E-state index in [1.807, 2.05) is 13.0 Å². The molecular weight excluding hydrogens is 195 g/mol. The Hall–Kier alpha value is -1.64. The number of rotatable bonds is 4. The summed E-state index contributed by atoms with van der Waals surface area (Å²) in [5, 5.41) is 0. The SMILES string of the molecule is CC=CCOc1cccc(F)c1C(C)=O. The molecular formula is C12H13FO2. The van der Waals surface area contributed by atoms with Crippen LogP contribution in [0, 0.1) is 5.82 Å². The second kappa shape index (κ2) is 5.29. The van der Waals surface area contributed by atoms with Crippen LogP contribution >= 0.6 is 0 Å². The average Bonchev–Trinajstić information content (AvgIpc) is 2.17. The molecule has 1 aromatic carbocycles. The predicted molar refractivity (Wildman–Crippen MR) is 56.7 cm³/mol. The van der Waals surface area contributed by atoms with Crippen molar-refractivity contribution in [3.63, 3.8) is 0 Å². The van der Waals surface area contributed by atoms with Gasteiger partial charge in [0.15, 0.2) is 5.78 Å². The molecule has 0 fully saturated rings. The van der Waals surface area contributed by atoms with Crippen molar-refractivity contribution in [2.45, 2.75) is 13.8 Å². The van der Waals surface area contributed by atoms with Gasteiger partial charge in [0.05, 0.1) is 5.56 Å². The minimum absolute atomic E-state index is 0.0157. The Balaban J connectivity index is 2.95. The third kappa shape index (κ3) is 2.91. The van der Waals surface area contributed by atoms with E-state index < -0.39 is 5.82 Å². The van der Waals surface area contributed by atoms with Gasteiger partial charge in [0, 0.05) is 0 Å². The molecule has 0 atom stereocenters. The Morgan fingerprint density at radius 1 is 1.53 bits per heavy atom. The molecule has 0 unspecified atom stereocenters. The third-order valence-electron chi connectivity index (χ3n) is 1.90. The van der Waals surface area contributed by atoms with Gasteiger partial charge < -0.3 is 4.74 Å². The Labute approximate surface area is 88.4 Å². The molecule has 0 saturated carbocycles. The standard InChI is InChI=1S/C12H13FO2/c1-3-4-8-15-11-7-5-6-10(13)12(11)9(2)14/h3-7H,8H2,1-2H3. The summed E-state index contributed by atoms with van der Waals surface area (Å²) in [6.07, 6.45) is 3.61. The highest BCUT2D eigenvalue weighted by atomic mass is 19.1. The highest BCUT2D eigenvalue weighted by Gasteiger charge is 2.13. The van der Waals surface area contributed by atoms with Crippen LogP contribution in [0.15, 0.2) is 30.4 Å².